The zero-order valence-electron chi connectivity index (χ0n) is 9.61. The van der Waals surface area contributed by atoms with Crippen LogP contribution in [0.15, 0.2) is 27.6 Å². The Morgan fingerprint density at radius 3 is 2.62 bits per heavy atom. The van der Waals surface area contributed by atoms with Gasteiger partial charge in [-0.25, -0.2) is 0 Å². The maximum atomic E-state index is 8.96. The highest BCUT2D eigenvalue weighted by molar-refractivity contribution is 9.10. The molecule has 1 aromatic rings. The van der Waals surface area contributed by atoms with Gasteiger partial charge in [0.05, 0.1) is 0 Å². The Hall–Kier alpha value is -0.0300. The van der Waals surface area contributed by atoms with Crippen molar-refractivity contribution < 1.29 is 5.11 Å². The van der Waals surface area contributed by atoms with Gasteiger partial charge in [0, 0.05) is 27.8 Å². The molecule has 0 saturated carbocycles. The summed E-state index contributed by atoms with van der Waals surface area (Å²) in [6, 6.07) is 6.27. The molecule has 3 N–H and O–H groups in total. The van der Waals surface area contributed by atoms with E-state index in [1.54, 1.807) is 11.8 Å². The fraction of sp³-hybridized carbons (Fsp3) is 0.500. The number of hydrogen-bond donors (Lipinski definition) is 2. The second-order valence-corrected chi connectivity index (χ2v) is 5.99. The van der Waals surface area contributed by atoms with Gasteiger partial charge < -0.3 is 10.8 Å². The predicted octanol–water partition coefficient (Wildman–Crippen LogP) is 3.19. The first kappa shape index (κ1) is 14.0. The molecule has 16 heavy (non-hydrogen) atoms. The highest BCUT2D eigenvalue weighted by Gasteiger charge is 2.07. The first-order valence-electron chi connectivity index (χ1n) is 5.33. The molecule has 0 aliphatic rings. The first-order valence-corrected chi connectivity index (χ1v) is 7.11. The maximum absolute atomic E-state index is 8.96. The van der Waals surface area contributed by atoms with Crippen molar-refractivity contribution in [3.8, 4) is 0 Å². The topological polar surface area (TPSA) is 46.2 Å². The van der Waals surface area contributed by atoms with Crippen molar-refractivity contribution in [1.82, 2.24) is 0 Å². The summed E-state index contributed by atoms with van der Waals surface area (Å²) in [5.74, 6) is 1.25. The summed E-state index contributed by atoms with van der Waals surface area (Å²) in [4.78, 5) is 1.20. The molecule has 4 heteroatoms. The van der Waals surface area contributed by atoms with Crippen molar-refractivity contribution in [1.29, 1.82) is 0 Å². The summed E-state index contributed by atoms with van der Waals surface area (Å²) in [6.45, 7) is 4.25. The number of aliphatic hydroxyl groups excluding tert-OH is 1. The molecule has 0 fully saturated rings. The zero-order chi connectivity index (χ0) is 12.1. The van der Waals surface area contributed by atoms with E-state index in [4.69, 9.17) is 10.8 Å². The molecule has 0 aliphatic carbocycles. The lowest BCUT2D eigenvalue weighted by atomic mass is 10.1. The molecule has 0 radical (unpaired) electrons. The number of nitrogens with two attached hydrogens (primary N) is 1. The van der Waals surface area contributed by atoms with Gasteiger partial charge in [-0.1, -0.05) is 13.0 Å². The van der Waals surface area contributed by atoms with E-state index in [1.165, 1.54) is 4.90 Å². The fourth-order valence-corrected chi connectivity index (χ4v) is 2.87. The van der Waals surface area contributed by atoms with Crippen LogP contribution in [0.3, 0.4) is 0 Å². The lowest BCUT2D eigenvalue weighted by molar-refractivity contribution is 0.250. The van der Waals surface area contributed by atoms with Crippen LogP contribution in [0, 0.1) is 5.92 Å². The fourth-order valence-electron chi connectivity index (χ4n) is 1.20. The van der Waals surface area contributed by atoms with Crippen LogP contribution in [-0.4, -0.2) is 17.5 Å². The lowest BCUT2D eigenvalue weighted by Gasteiger charge is -2.11. The first-order chi connectivity index (χ1) is 7.54. The molecule has 0 saturated heterocycles. The standard InChI is InChI=1S/C12H18BrNOS/c1-8(6-15)7-16-12-4-3-10(9(2)14)5-11(12)13/h3-5,8-9,15H,6-7,14H2,1-2H3/t8?,9-/m1/s1. The van der Waals surface area contributed by atoms with E-state index in [-0.39, 0.29) is 12.6 Å². The molecule has 90 valence electrons. The highest BCUT2D eigenvalue weighted by atomic mass is 79.9. The molecule has 2 nitrogen and oxygen atoms in total. The summed E-state index contributed by atoms with van der Waals surface area (Å²) >= 11 is 5.30. The highest BCUT2D eigenvalue weighted by Crippen LogP contribution is 2.30. The lowest BCUT2D eigenvalue weighted by Crippen LogP contribution is -2.05. The molecular weight excluding hydrogens is 286 g/mol. The van der Waals surface area contributed by atoms with Crippen LogP contribution < -0.4 is 5.73 Å². The number of aliphatic hydroxyl groups is 1. The number of halogens is 1. The molecule has 1 rings (SSSR count). The smallest absolute Gasteiger partial charge is 0.0464 e. The minimum Gasteiger partial charge on any atom is -0.396 e. The van der Waals surface area contributed by atoms with Gasteiger partial charge in [-0.05, 0) is 46.5 Å². The Balaban J connectivity index is 2.68. The van der Waals surface area contributed by atoms with E-state index in [0.717, 1.165) is 15.8 Å². The molecule has 1 aromatic carbocycles. The summed E-state index contributed by atoms with van der Waals surface area (Å²) in [5.41, 5.74) is 6.95. The minimum absolute atomic E-state index is 0.0618. The van der Waals surface area contributed by atoms with E-state index >= 15 is 0 Å². The molecule has 0 aromatic heterocycles. The molecule has 0 amide bonds. The normalized spacial score (nSPS) is 14.8. The van der Waals surface area contributed by atoms with Crippen molar-refractivity contribution in [2.75, 3.05) is 12.4 Å². The van der Waals surface area contributed by atoms with Gasteiger partial charge >= 0.3 is 0 Å². The quantitative estimate of drug-likeness (QED) is 0.821. The molecule has 0 aliphatic heterocycles. The van der Waals surface area contributed by atoms with E-state index in [2.05, 4.69) is 34.1 Å². The van der Waals surface area contributed by atoms with Gasteiger partial charge in [-0.2, -0.15) is 0 Å². The molecule has 0 bridgehead atoms. The largest absolute Gasteiger partial charge is 0.396 e. The van der Waals surface area contributed by atoms with Crippen LogP contribution in [0.4, 0.5) is 0 Å². The van der Waals surface area contributed by atoms with Crippen molar-refractivity contribution >= 4 is 27.7 Å². The van der Waals surface area contributed by atoms with E-state index in [0.29, 0.717) is 5.92 Å². The zero-order valence-corrected chi connectivity index (χ0v) is 12.0. The monoisotopic (exact) mass is 303 g/mol. The van der Waals surface area contributed by atoms with E-state index < -0.39 is 0 Å². The Morgan fingerprint density at radius 2 is 2.12 bits per heavy atom. The summed E-state index contributed by atoms with van der Waals surface area (Å²) in [5, 5.41) is 8.96. The predicted molar refractivity (Wildman–Crippen MR) is 73.7 cm³/mol. The number of rotatable bonds is 5. The third kappa shape index (κ3) is 4.09. The minimum atomic E-state index is 0.0618. The van der Waals surface area contributed by atoms with Gasteiger partial charge in [0.1, 0.15) is 0 Å². The Bertz CT molecular complexity index is 344. The van der Waals surface area contributed by atoms with Gasteiger partial charge in [0.25, 0.3) is 0 Å². The Morgan fingerprint density at radius 1 is 1.44 bits per heavy atom. The van der Waals surface area contributed by atoms with Crippen LogP contribution in [0.2, 0.25) is 0 Å². The van der Waals surface area contributed by atoms with Crippen molar-refractivity contribution in [2.45, 2.75) is 24.8 Å². The molecule has 2 atom stereocenters. The van der Waals surface area contributed by atoms with Crippen LogP contribution in [-0.2, 0) is 0 Å². The van der Waals surface area contributed by atoms with Crippen LogP contribution in [0.1, 0.15) is 25.5 Å². The van der Waals surface area contributed by atoms with Crippen LogP contribution in [0.5, 0.6) is 0 Å². The third-order valence-electron chi connectivity index (χ3n) is 2.32. The number of hydrogen-bond acceptors (Lipinski definition) is 3. The summed E-state index contributed by atoms with van der Waals surface area (Å²) in [6.07, 6.45) is 0. The van der Waals surface area contributed by atoms with E-state index in [1.807, 2.05) is 13.8 Å². The van der Waals surface area contributed by atoms with E-state index in [9.17, 15) is 0 Å². The molecule has 0 heterocycles. The number of thioether (sulfide) groups is 1. The molecular formula is C12H18BrNOS. The second-order valence-electron chi connectivity index (χ2n) is 4.08. The van der Waals surface area contributed by atoms with Crippen molar-refractivity contribution in [3.63, 3.8) is 0 Å². The SMILES string of the molecule is CC(CO)CSc1ccc([C@@H](C)N)cc1Br. The maximum Gasteiger partial charge on any atom is 0.0464 e. The van der Waals surface area contributed by atoms with Gasteiger partial charge in [0.15, 0.2) is 0 Å². The molecule has 0 spiro atoms. The Kier molecular flexibility index (Phi) is 5.83. The second kappa shape index (κ2) is 6.64. The van der Waals surface area contributed by atoms with Crippen molar-refractivity contribution in [3.05, 3.63) is 28.2 Å². The van der Waals surface area contributed by atoms with Gasteiger partial charge in [-0.15, -0.1) is 11.8 Å². The summed E-state index contributed by atoms with van der Waals surface area (Å²) < 4.78 is 1.08. The van der Waals surface area contributed by atoms with Gasteiger partial charge in [-0.3, -0.25) is 0 Å². The summed E-state index contributed by atoms with van der Waals surface area (Å²) in [7, 11) is 0. The van der Waals surface area contributed by atoms with Crippen LogP contribution in [0.25, 0.3) is 0 Å². The average molecular weight is 304 g/mol. The number of benzene rings is 1. The van der Waals surface area contributed by atoms with Crippen molar-refractivity contribution in [2.24, 2.45) is 11.7 Å². The molecule has 1 unspecified atom stereocenters. The third-order valence-corrected chi connectivity index (χ3v) is 4.64. The average Bonchev–Trinajstić information content (AvgIpc) is 2.26. The Labute approximate surface area is 110 Å². The van der Waals surface area contributed by atoms with Crippen LogP contribution >= 0.6 is 27.7 Å². The van der Waals surface area contributed by atoms with Gasteiger partial charge in [0.2, 0.25) is 0 Å².